The second-order valence-electron chi connectivity index (χ2n) is 9.14. The lowest BCUT2D eigenvalue weighted by molar-refractivity contribution is -0.113. The van der Waals surface area contributed by atoms with Gasteiger partial charge in [0, 0.05) is 28.8 Å². The van der Waals surface area contributed by atoms with Gasteiger partial charge in [-0.3, -0.25) is 14.5 Å². The average Bonchev–Trinajstić information content (AvgIpc) is 3.45. The molecule has 182 valence electrons. The summed E-state index contributed by atoms with van der Waals surface area (Å²) in [5.41, 5.74) is 3.65. The number of rotatable bonds is 6. The minimum atomic E-state index is -0.390. The molecule has 6 rings (SSSR count). The molecule has 0 spiro atoms. The molecule has 0 aliphatic carbocycles. The number of ether oxygens (including phenoxy) is 1. The number of pyridine rings is 1. The Morgan fingerprint density at radius 3 is 2.86 bits per heavy atom. The molecule has 3 aromatic rings. The molecule has 1 aromatic heterocycles. The van der Waals surface area contributed by atoms with Crippen LogP contribution in [0.15, 0.2) is 52.2 Å². The van der Waals surface area contributed by atoms with Gasteiger partial charge in [0.25, 0.3) is 5.56 Å². The van der Waals surface area contributed by atoms with Crippen LogP contribution in [0, 0.1) is 11.3 Å². The minimum absolute atomic E-state index is 0.0487. The SMILES string of the molecule is N#Cc1ccc2ccc(=O)n3c2c1C(NCCC[C@@H]1CN(c2ccc4c(c2)NC(=O)CS4)C(=O)O1)C3. The summed E-state index contributed by atoms with van der Waals surface area (Å²) < 4.78 is 7.33. The van der Waals surface area contributed by atoms with Crippen LogP contribution in [-0.4, -0.2) is 41.5 Å². The maximum Gasteiger partial charge on any atom is 0.414 e. The number of amides is 2. The van der Waals surface area contributed by atoms with Gasteiger partial charge in [-0.15, -0.1) is 11.8 Å². The molecule has 1 fully saturated rings. The van der Waals surface area contributed by atoms with Gasteiger partial charge in [-0.1, -0.05) is 6.07 Å². The van der Waals surface area contributed by atoms with E-state index in [4.69, 9.17) is 4.74 Å². The highest BCUT2D eigenvalue weighted by Crippen LogP contribution is 2.36. The lowest BCUT2D eigenvalue weighted by atomic mass is 10.00. The van der Waals surface area contributed by atoms with Crippen LogP contribution >= 0.6 is 11.8 Å². The van der Waals surface area contributed by atoms with Crippen LogP contribution in [0.1, 0.15) is 30.0 Å². The van der Waals surface area contributed by atoms with Gasteiger partial charge in [0.1, 0.15) is 6.10 Å². The first-order valence-corrected chi connectivity index (χ1v) is 12.8. The van der Waals surface area contributed by atoms with Crippen LogP contribution in [0.3, 0.4) is 0 Å². The Hall–Kier alpha value is -3.81. The molecule has 0 bridgehead atoms. The molecule has 10 heteroatoms. The Morgan fingerprint density at radius 2 is 2.00 bits per heavy atom. The van der Waals surface area contributed by atoms with Crippen LogP contribution in [0.2, 0.25) is 0 Å². The summed E-state index contributed by atoms with van der Waals surface area (Å²) >= 11 is 1.48. The Morgan fingerprint density at radius 1 is 1.14 bits per heavy atom. The molecule has 9 nitrogen and oxygen atoms in total. The van der Waals surface area contributed by atoms with E-state index in [1.54, 1.807) is 21.6 Å². The van der Waals surface area contributed by atoms with E-state index in [-0.39, 0.29) is 23.6 Å². The zero-order chi connectivity index (χ0) is 24.8. The number of anilines is 2. The van der Waals surface area contributed by atoms with Gasteiger partial charge in [-0.25, -0.2) is 4.79 Å². The molecule has 0 saturated carbocycles. The maximum absolute atomic E-state index is 12.5. The third-order valence-corrected chi connectivity index (χ3v) is 7.97. The zero-order valence-corrected chi connectivity index (χ0v) is 20.1. The van der Waals surface area contributed by atoms with Crippen molar-refractivity contribution in [2.75, 3.05) is 29.1 Å². The number of carbonyl (C=O) groups is 2. The number of cyclic esters (lactones) is 1. The Bertz CT molecular complexity index is 1510. The third kappa shape index (κ3) is 3.90. The molecule has 2 N–H and O–H groups in total. The molecule has 1 unspecified atom stereocenters. The van der Waals surface area contributed by atoms with E-state index in [2.05, 4.69) is 16.7 Å². The first-order valence-electron chi connectivity index (χ1n) is 11.9. The Kier molecular flexibility index (Phi) is 5.66. The van der Waals surface area contributed by atoms with Gasteiger partial charge in [0.05, 0.1) is 41.2 Å². The fourth-order valence-electron chi connectivity index (χ4n) is 5.22. The van der Waals surface area contributed by atoms with Gasteiger partial charge in [0.2, 0.25) is 5.91 Å². The smallest absolute Gasteiger partial charge is 0.414 e. The van der Waals surface area contributed by atoms with Gasteiger partial charge in [-0.05, 0) is 55.1 Å². The predicted molar refractivity (Wildman–Crippen MR) is 136 cm³/mol. The van der Waals surface area contributed by atoms with E-state index >= 15 is 0 Å². The highest BCUT2D eigenvalue weighted by molar-refractivity contribution is 8.00. The highest BCUT2D eigenvalue weighted by Gasteiger charge is 2.33. The van der Waals surface area contributed by atoms with Crippen molar-refractivity contribution in [3.63, 3.8) is 0 Å². The van der Waals surface area contributed by atoms with E-state index < -0.39 is 6.09 Å². The maximum atomic E-state index is 12.5. The second-order valence-corrected chi connectivity index (χ2v) is 10.2. The number of nitrogens with zero attached hydrogens (tertiary/aromatic N) is 3. The van der Waals surface area contributed by atoms with Crippen LogP contribution in [-0.2, 0) is 16.1 Å². The number of hydrogen-bond acceptors (Lipinski definition) is 7. The van der Waals surface area contributed by atoms with Gasteiger partial charge in [0.15, 0.2) is 0 Å². The number of aromatic nitrogens is 1. The fraction of sp³-hybridized carbons (Fsp3) is 0.308. The quantitative estimate of drug-likeness (QED) is 0.498. The summed E-state index contributed by atoms with van der Waals surface area (Å²) in [5, 5.41) is 16.9. The van der Waals surface area contributed by atoms with Crippen molar-refractivity contribution in [2.45, 2.75) is 36.4 Å². The number of nitrogens with one attached hydrogen (secondary N) is 2. The van der Waals surface area contributed by atoms with Crippen molar-refractivity contribution in [2.24, 2.45) is 0 Å². The average molecular weight is 502 g/mol. The number of thioether (sulfide) groups is 1. The predicted octanol–water partition coefficient (Wildman–Crippen LogP) is 3.37. The van der Waals surface area contributed by atoms with Crippen LogP contribution in [0.25, 0.3) is 10.9 Å². The lowest BCUT2D eigenvalue weighted by Crippen LogP contribution is -2.27. The van der Waals surface area contributed by atoms with Crippen LogP contribution in [0.4, 0.5) is 16.2 Å². The van der Waals surface area contributed by atoms with Crippen molar-refractivity contribution >= 4 is 46.0 Å². The molecule has 1 saturated heterocycles. The van der Waals surface area contributed by atoms with Crippen molar-refractivity contribution in [3.8, 4) is 6.07 Å². The molecule has 2 amide bonds. The largest absolute Gasteiger partial charge is 0.444 e. The van der Waals surface area contributed by atoms with Crippen molar-refractivity contribution < 1.29 is 14.3 Å². The van der Waals surface area contributed by atoms with E-state index in [0.29, 0.717) is 43.1 Å². The summed E-state index contributed by atoms with van der Waals surface area (Å²) in [6.45, 7) is 1.59. The monoisotopic (exact) mass is 501 g/mol. The third-order valence-electron chi connectivity index (χ3n) is 6.90. The number of fused-ring (bicyclic) bond motifs is 1. The van der Waals surface area contributed by atoms with Crippen molar-refractivity contribution in [1.29, 1.82) is 5.26 Å². The molecule has 2 atom stereocenters. The summed E-state index contributed by atoms with van der Waals surface area (Å²) in [6, 6.07) is 14.8. The topological polar surface area (TPSA) is 116 Å². The van der Waals surface area contributed by atoms with E-state index in [0.717, 1.165) is 33.5 Å². The van der Waals surface area contributed by atoms with Gasteiger partial charge in [-0.2, -0.15) is 5.26 Å². The minimum Gasteiger partial charge on any atom is -0.444 e. The van der Waals surface area contributed by atoms with E-state index in [1.807, 2.05) is 30.3 Å². The molecule has 3 aliphatic heterocycles. The van der Waals surface area contributed by atoms with Crippen molar-refractivity contribution in [3.05, 3.63) is 63.9 Å². The normalized spacial score (nSPS) is 20.2. The van der Waals surface area contributed by atoms with Gasteiger partial charge < -0.3 is 19.9 Å². The fourth-order valence-corrected chi connectivity index (χ4v) is 6.01. The molecule has 3 aliphatic rings. The molecular formula is C26H23N5O4S. The van der Waals surface area contributed by atoms with Crippen LogP contribution in [0.5, 0.6) is 0 Å². The Balaban J connectivity index is 1.08. The number of nitriles is 1. The van der Waals surface area contributed by atoms with Gasteiger partial charge >= 0.3 is 6.09 Å². The molecule has 0 radical (unpaired) electrons. The molecule has 4 heterocycles. The van der Waals surface area contributed by atoms with E-state index in [9.17, 15) is 19.6 Å². The van der Waals surface area contributed by atoms with E-state index in [1.165, 1.54) is 11.8 Å². The number of benzene rings is 2. The van der Waals surface area contributed by atoms with Crippen LogP contribution < -0.4 is 21.1 Å². The highest BCUT2D eigenvalue weighted by atomic mass is 32.2. The first kappa shape index (κ1) is 22.6. The molecular weight excluding hydrogens is 478 g/mol. The molecule has 36 heavy (non-hydrogen) atoms. The Labute approximate surface area is 211 Å². The number of carbonyl (C=O) groups excluding carboxylic acids is 2. The summed E-state index contributed by atoms with van der Waals surface area (Å²) in [6.07, 6.45) is 0.823. The first-order chi connectivity index (χ1) is 17.5. The summed E-state index contributed by atoms with van der Waals surface area (Å²) in [4.78, 5) is 39.2. The second kappa shape index (κ2) is 9.00. The number of hydrogen-bond donors (Lipinski definition) is 2. The zero-order valence-electron chi connectivity index (χ0n) is 19.3. The summed E-state index contributed by atoms with van der Waals surface area (Å²) in [5.74, 6) is 0.345. The van der Waals surface area contributed by atoms with Crippen molar-refractivity contribution in [1.82, 2.24) is 9.88 Å². The summed E-state index contributed by atoms with van der Waals surface area (Å²) in [7, 11) is 0. The standard InChI is InChI=1S/C26H23N5O4S/c27-11-16-4-3-15-5-8-23(33)31-13-20(24(16)25(15)31)28-9-1-2-18-12-30(26(34)35-18)17-6-7-21-19(10-17)29-22(32)14-36-21/h3-8,10,18,20,28H,1-2,9,12-14H2,(H,29,32)/t18-,20?/m1/s1. The molecule has 2 aromatic carbocycles. The lowest BCUT2D eigenvalue weighted by Gasteiger charge is -2.20.